The molecule has 1 saturated heterocycles. The molecule has 0 radical (unpaired) electrons. The number of fused-ring (bicyclic) bond motifs is 1. The largest absolute Gasteiger partial charge is 0.497 e. The van der Waals surface area contributed by atoms with Gasteiger partial charge in [-0.05, 0) is 55.3 Å². The SMILES string of the molecule is COc1ccc(N2CCC(NS(=O)(=O)c3ccc4c(c3)C(=O)NC4=O)CC2)cc1. The van der Waals surface area contributed by atoms with Gasteiger partial charge in [0, 0.05) is 24.8 Å². The Hall–Kier alpha value is -2.91. The van der Waals surface area contributed by atoms with Crippen molar-refractivity contribution in [2.24, 2.45) is 0 Å². The molecular weight excluding hydrogens is 394 g/mol. The number of imide groups is 1. The van der Waals surface area contributed by atoms with Crippen molar-refractivity contribution in [2.75, 3.05) is 25.1 Å². The van der Waals surface area contributed by atoms with E-state index in [1.54, 1.807) is 7.11 Å². The van der Waals surface area contributed by atoms with Gasteiger partial charge in [-0.15, -0.1) is 0 Å². The van der Waals surface area contributed by atoms with Crippen LogP contribution in [-0.2, 0) is 10.0 Å². The van der Waals surface area contributed by atoms with Crippen molar-refractivity contribution in [2.45, 2.75) is 23.8 Å². The van der Waals surface area contributed by atoms with E-state index in [-0.39, 0.29) is 22.1 Å². The molecule has 2 aliphatic heterocycles. The number of nitrogens with zero attached hydrogens (tertiary/aromatic N) is 1. The summed E-state index contributed by atoms with van der Waals surface area (Å²) >= 11 is 0. The van der Waals surface area contributed by atoms with Crippen LogP contribution in [0.4, 0.5) is 5.69 Å². The minimum absolute atomic E-state index is 0.0151. The van der Waals surface area contributed by atoms with E-state index in [9.17, 15) is 18.0 Å². The van der Waals surface area contributed by atoms with Crippen molar-refractivity contribution in [1.82, 2.24) is 10.0 Å². The van der Waals surface area contributed by atoms with E-state index in [0.717, 1.165) is 24.5 Å². The van der Waals surface area contributed by atoms with Crippen LogP contribution in [0.1, 0.15) is 33.6 Å². The van der Waals surface area contributed by atoms with E-state index in [4.69, 9.17) is 4.74 Å². The lowest BCUT2D eigenvalue weighted by molar-refractivity contribution is 0.0879. The number of ether oxygens (including phenoxy) is 1. The van der Waals surface area contributed by atoms with Gasteiger partial charge in [0.15, 0.2) is 0 Å². The second-order valence-corrected chi connectivity index (χ2v) is 8.79. The maximum Gasteiger partial charge on any atom is 0.258 e. The molecule has 9 heteroatoms. The molecule has 8 nitrogen and oxygen atoms in total. The van der Waals surface area contributed by atoms with E-state index < -0.39 is 21.8 Å². The molecule has 2 aliphatic rings. The third-order valence-corrected chi connectivity index (χ3v) is 6.79. The van der Waals surface area contributed by atoms with E-state index in [1.807, 2.05) is 24.3 Å². The Labute approximate surface area is 168 Å². The minimum Gasteiger partial charge on any atom is -0.497 e. The van der Waals surface area contributed by atoms with Crippen LogP contribution in [0, 0.1) is 0 Å². The van der Waals surface area contributed by atoms with Gasteiger partial charge >= 0.3 is 0 Å². The van der Waals surface area contributed by atoms with Gasteiger partial charge in [-0.2, -0.15) is 0 Å². The predicted molar refractivity (Wildman–Crippen MR) is 107 cm³/mol. The summed E-state index contributed by atoms with van der Waals surface area (Å²) in [6, 6.07) is 11.6. The summed E-state index contributed by atoms with van der Waals surface area (Å²) in [7, 11) is -2.17. The van der Waals surface area contributed by atoms with E-state index in [0.29, 0.717) is 12.8 Å². The topological polar surface area (TPSA) is 105 Å². The zero-order valence-electron chi connectivity index (χ0n) is 15.8. The van der Waals surface area contributed by atoms with Gasteiger partial charge in [-0.3, -0.25) is 14.9 Å². The van der Waals surface area contributed by atoms with E-state index in [2.05, 4.69) is 14.9 Å². The van der Waals surface area contributed by atoms with Gasteiger partial charge in [-0.1, -0.05) is 0 Å². The van der Waals surface area contributed by atoms with Crippen molar-refractivity contribution in [1.29, 1.82) is 0 Å². The predicted octanol–water partition coefficient (Wildman–Crippen LogP) is 1.53. The number of sulfonamides is 1. The molecule has 2 amide bonds. The molecule has 4 rings (SSSR count). The number of methoxy groups -OCH3 is 1. The second-order valence-electron chi connectivity index (χ2n) is 7.07. The van der Waals surface area contributed by atoms with Gasteiger partial charge in [0.1, 0.15) is 5.75 Å². The first-order valence-corrected chi connectivity index (χ1v) is 10.8. The molecule has 29 heavy (non-hydrogen) atoms. The average Bonchev–Trinajstić information content (AvgIpc) is 3.02. The molecular formula is C20H21N3O5S. The standard InChI is InChI=1S/C20H21N3O5S/c1-28-15-4-2-14(3-5-15)23-10-8-13(9-11-23)22-29(26,27)16-6-7-17-18(12-16)20(25)21-19(17)24/h2-7,12-13,22H,8-11H2,1H3,(H,21,24,25). The Morgan fingerprint density at radius 2 is 1.66 bits per heavy atom. The summed E-state index contributed by atoms with van der Waals surface area (Å²) in [5.41, 5.74) is 1.36. The number of carbonyl (C=O) groups excluding carboxylic acids is 2. The monoisotopic (exact) mass is 415 g/mol. The molecule has 2 aromatic carbocycles. The fourth-order valence-electron chi connectivity index (χ4n) is 3.65. The number of piperidine rings is 1. The number of benzene rings is 2. The highest BCUT2D eigenvalue weighted by Crippen LogP contribution is 2.24. The van der Waals surface area contributed by atoms with Gasteiger partial charge in [0.2, 0.25) is 10.0 Å². The van der Waals surface area contributed by atoms with Crippen LogP contribution in [0.3, 0.4) is 0 Å². The van der Waals surface area contributed by atoms with Crippen molar-refractivity contribution in [3.05, 3.63) is 53.6 Å². The number of carbonyl (C=O) groups is 2. The van der Waals surface area contributed by atoms with Crippen LogP contribution in [0.25, 0.3) is 0 Å². The first-order chi connectivity index (χ1) is 13.9. The number of amides is 2. The second kappa shape index (κ2) is 7.49. The molecule has 1 fully saturated rings. The highest BCUT2D eigenvalue weighted by atomic mass is 32.2. The zero-order valence-corrected chi connectivity index (χ0v) is 16.7. The normalized spacial score (nSPS) is 17.2. The molecule has 0 aliphatic carbocycles. The average molecular weight is 415 g/mol. The first kappa shape index (κ1) is 19.4. The Morgan fingerprint density at radius 3 is 2.31 bits per heavy atom. The summed E-state index contributed by atoms with van der Waals surface area (Å²) in [6.07, 6.45) is 1.32. The van der Waals surface area contributed by atoms with Crippen LogP contribution in [0.15, 0.2) is 47.4 Å². The maximum absolute atomic E-state index is 12.8. The van der Waals surface area contributed by atoms with Crippen molar-refractivity contribution in [3.63, 3.8) is 0 Å². The van der Waals surface area contributed by atoms with Crippen LogP contribution in [-0.4, -0.2) is 46.5 Å². The lowest BCUT2D eigenvalue weighted by atomic mass is 10.1. The van der Waals surface area contributed by atoms with Crippen molar-refractivity contribution < 1.29 is 22.7 Å². The van der Waals surface area contributed by atoms with Crippen molar-refractivity contribution in [3.8, 4) is 5.75 Å². The van der Waals surface area contributed by atoms with E-state index >= 15 is 0 Å². The van der Waals surface area contributed by atoms with Crippen molar-refractivity contribution >= 4 is 27.5 Å². The molecule has 2 N–H and O–H groups in total. The third kappa shape index (κ3) is 3.83. The zero-order chi connectivity index (χ0) is 20.6. The molecule has 2 aromatic rings. The Bertz CT molecular complexity index is 1060. The minimum atomic E-state index is -3.79. The highest BCUT2D eigenvalue weighted by molar-refractivity contribution is 7.89. The number of hydrogen-bond acceptors (Lipinski definition) is 6. The van der Waals surface area contributed by atoms with Gasteiger partial charge in [0.25, 0.3) is 11.8 Å². The number of rotatable bonds is 5. The summed E-state index contributed by atoms with van der Waals surface area (Å²) in [5.74, 6) is -0.288. The summed E-state index contributed by atoms with van der Waals surface area (Å²) in [6.45, 7) is 1.45. The quantitative estimate of drug-likeness (QED) is 0.718. The molecule has 152 valence electrons. The van der Waals surface area contributed by atoms with Crippen LogP contribution >= 0.6 is 0 Å². The number of anilines is 1. The third-order valence-electron chi connectivity index (χ3n) is 5.27. The molecule has 0 bridgehead atoms. The molecule has 0 saturated carbocycles. The summed E-state index contributed by atoms with van der Waals surface area (Å²) < 4.78 is 33.4. The Balaban J connectivity index is 1.41. The molecule has 0 aromatic heterocycles. The lowest BCUT2D eigenvalue weighted by Crippen LogP contribution is -2.44. The van der Waals surface area contributed by atoms with Gasteiger partial charge < -0.3 is 9.64 Å². The van der Waals surface area contributed by atoms with Gasteiger partial charge in [0.05, 0.1) is 23.1 Å². The molecule has 0 unspecified atom stereocenters. The summed E-state index contributed by atoms with van der Waals surface area (Å²) in [5, 5.41) is 2.16. The van der Waals surface area contributed by atoms with Crippen LogP contribution < -0.4 is 19.7 Å². The lowest BCUT2D eigenvalue weighted by Gasteiger charge is -2.33. The van der Waals surface area contributed by atoms with E-state index in [1.165, 1.54) is 18.2 Å². The molecule has 0 spiro atoms. The molecule has 0 atom stereocenters. The first-order valence-electron chi connectivity index (χ1n) is 9.28. The van der Waals surface area contributed by atoms with Crippen LogP contribution in [0.5, 0.6) is 5.75 Å². The van der Waals surface area contributed by atoms with Crippen LogP contribution in [0.2, 0.25) is 0 Å². The smallest absolute Gasteiger partial charge is 0.258 e. The number of hydrogen-bond donors (Lipinski definition) is 2. The number of nitrogens with one attached hydrogen (secondary N) is 2. The fourth-order valence-corrected chi connectivity index (χ4v) is 4.98. The molecule has 2 heterocycles. The summed E-state index contributed by atoms with van der Waals surface area (Å²) in [4.78, 5) is 25.6. The maximum atomic E-state index is 12.8. The van der Waals surface area contributed by atoms with Gasteiger partial charge in [-0.25, -0.2) is 13.1 Å². The Morgan fingerprint density at radius 1 is 1.00 bits per heavy atom. The highest BCUT2D eigenvalue weighted by Gasteiger charge is 2.30. The fraction of sp³-hybridized carbons (Fsp3) is 0.300. The Kier molecular flexibility index (Phi) is 5.01.